The zero-order valence-electron chi connectivity index (χ0n) is 16.8. The van der Waals surface area contributed by atoms with Gasteiger partial charge in [0, 0.05) is 39.3 Å². The van der Waals surface area contributed by atoms with Gasteiger partial charge in [0.05, 0.1) is 17.6 Å². The highest BCUT2D eigenvalue weighted by molar-refractivity contribution is 5.92. The molecule has 6 heteroatoms. The van der Waals surface area contributed by atoms with E-state index in [9.17, 15) is 9.18 Å². The van der Waals surface area contributed by atoms with E-state index in [1.165, 1.54) is 6.07 Å². The Morgan fingerprint density at radius 1 is 1.04 bits per heavy atom. The minimum Gasteiger partial charge on any atom is -0.370 e. The first kappa shape index (κ1) is 20.1. The Hall–Kier alpha value is -2.63. The van der Waals surface area contributed by atoms with Crippen LogP contribution in [0.5, 0.6) is 0 Å². The summed E-state index contributed by atoms with van der Waals surface area (Å²) in [6.07, 6.45) is 3.95. The van der Waals surface area contributed by atoms with Crippen molar-refractivity contribution in [3.8, 4) is 0 Å². The Morgan fingerprint density at radius 3 is 2.29 bits per heavy atom. The van der Waals surface area contributed by atoms with Gasteiger partial charge in [-0.25, -0.2) is 9.37 Å². The van der Waals surface area contributed by atoms with Crippen molar-refractivity contribution in [2.24, 2.45) is 0 Å². The first-order valence-electron chi connectivity index (χ1n) is 10.1. The Labute approximate surface area is 166 Å². The van der Waals surface area contributed by atoms with Crippen LogP contribution in [0.15, 0.2) is 42.6 Å². The number of rotatable bonds is 7. The van der Waals surface area contributed by atoms with Crippen LogP contribution >= 0.6 is 0 Å². The molecule has 3 rings (SSSR count). The molecule has 1 aromatic heterocycles. The van der Waals surface area contributed by atoms with Gasteiger partial charge < -0.3 is 14.7 Å². The summed E-state index contributed by atoms with van der Waals surface area (Å²) < 4.78 is 14.0. The molecular weight excluding hydrogens is 355 g/mol. The van der Waals surface area contributed by atoms with Gasteiger partial charge in [-0.2, -0.15) is 0 Å². The number of hydrogen-bond acceptors (Lipinski definition) is 4. The number of nitrogens with zero attached hydrogens (tertiary/aromatic N) is 4. The third-order valence-corrected chi connectivity index (χ3v) is 5.08. The number of piperazine rings is 1. The van der Waals surface area contributed by atoms with E-state index in [1.54, 1.807) is 23.2 Å². The van der Waals surface area contributed by atoms with Crippen LogP contribution in [-0.2, 0) is 0 Å². The van der Waals surface area contributed by atoms with Crippen LogP contribution in [0.25, 0.3) is 0 Å². The molecular formula is C22H29FN4O. The molecule has 2 aromatic rings. The van der Waals surface area contributed by atoms with Crippen LogP contribution in [0, 0.1) is 5.82 Å². The molecule has 150 valence electrons. The van der Waals surface area contributed by atoms with E-state index < -0.39 is 0 Å². The number of carbonyl (C=O) groups is 1. The molecule has 1 aromatic carbocycles. The molecule has 2 heterocycles. The zero-order chi connectivity index (χ0) is 19.9. The first-order chi connectivity index (χ1) is 13.6. The molecule has 1 fully saturated rings. The van der Waals surface area contributed by atoms with Crippen molar-refractivity contribution < 1.29 is 9.18 Å². The lowest BCUT2D eigenvalue weighted by molar-refractivity contribution is 0.0741. The van der Waals surface area contributed by atoms with E-state index in [2.05, 4.69) is 23.7 Å². The SMILES string of the molecule is CCCN(CCC)c1ccc(C(=O)N2CCN(c3ccccc3F)CC2)nc1. The maximum atomic E-state index is 14.0. The van der Waals surface area contributed by atoms with Crippen LogP contribution in [0.4, 0.5) is 15.8 Å². The van der Waals surface area contributed by atoms with Gasteiger partial charge in [-0.3, -0.25) is 4.79 Å². The van der Waals surface area contributed by atoms with Crippen LogP contribution in [0.2, 0.25) is 0 Å². The van der Waals surface area contributed by atoms with Crippen molar-refractivity contribution in [1.82, 2.24) is 9.88 Å². The molecule has 1 amide bonds. The lowest BCUT2D eigenvalue weighted by Gasteiger charge is -2.36. The van der Waals surface area contributed by atoms with Gasteiger partial charge in [-0.15, -0.1) is 0 Å². The fourth-order valence-electron chi connectivity index (χ4n) is 3.63. The summed E-state index contributed by atoms with van der Waals surface area (Å²) in [6.45, 7) is 8.66. The number of para-hydroxylation sites is 1. The number of aromatic nitrogens is 1. The molecule has 0 spiro atoms. The summed E-state index contributed by atoms with van der Waals surface area (Å²) in [7, 11) is 0. The summed E-state index contributed by atoms with van der Waals surface area (Å²) in [5.74, 6) is -0.277. The molecule has 1 saturated heterocycles. The Bertz CT molecular complexity index is 766. The fraction of sp³-hybridized carbons (Fsp3) is 0.455. The fourth-order valence-corrected chi connectivity index (χ4v) is 3.63. The van der Waals surface area contributed by atoms with E-state index in [4.69, 9.17) is 0 Å². The largest absolute Gasteiger partial charge is 0.370 e. The second kappa shape index (κ2) is 9.53. The number of carbonyl (C=O) groups excluding carboxylic acids is 1. The van der Waals surface area contributed by atoms with Gasteiger partial charge in [-0.1, -0.05) is 26.0 Å². The molecule has 1 aliphatic rings. The molecule has 0 unspecified atom stereocenters. The number of amides is 1. The molecule has 5 nitrogen and oxygen atoms in total. The third-order valence-electron chi connectivity index (χ3n) is 5.08. The first-order valence-corrected chi connectivity index (χ1v) is 10.1. The van der Waals surface area contributed by atoms with Crippen LogP contribution < -0.4 is 9.80 Å². The molecule has 0 radical (unpaired) electrons. The molecule has 1 aliphatic heterocycles. The predicted molar refractivity (Wildman–Crippen MR) is 112 cm³/mol. The lowest BCUT2D eigenvalue weighted by atomic mass is 10.2. The summed E-state index contributed by atoms with van der Waals surface area (Å²) in [4.78, 5) is 23.3. The minimum absolute atomic E-state index is 0.0581. The van der Waals surface area contributed by atoms with Gasteiger partial charge in [0.1, 0.15) is 11.5 Å². The zero-order valence-corrected chi connectivity index (χ0v) is 16.8. The average molecular weight is 384 g/mol. The van der Waals surface area contributed by atoms with Crippen molar-refractivity contribution in [3.05, 3.63) is 54.1 Å². The number of anilines is 2. The Morgan fingerprint density at radius 2 is 1.71 bits per heavy atom. The normalized spacial score (nSPS) is 14.2. The Kier molecular flexibility index (Phi) is 6.85. The van der Waals surface area contributed by atoms with Crippen molar-refractivity contribution >= 4 is 17.3 Å². The molecule has 0 saturated carbocycles. The minimum atomic E-state index is -0.219. The lowest BCUT2D eigenvalue weighted by Crippen LogP contribution is -2.49. The Balaban J connectivity index is 1.61. The smallest absolute Gasteiger partial charge is 0.272 e. The molecule has 28 heavy (non-hydrogen) atoms. The molecule has 0 aliphatic carbocycles. The number of pyridine rings is 1. The van der Waals surface area contributed by atoms with Crippen molar-refractivity contribution in [2.75, 3.05) is 49.1 Å². The predicted octanol–water partition coefficient (Wildman–Crippen LogP) is 3.81. The van der Waals surface area contributed by atoms with E-state index >= 15 is 0 Å². The summed E-state index contributed by atoms with van der Waals surface area (Å²) in [6, 6.07) is 10.6. The third kappa shape index (κ3) is 4.61. The van der Waals surface area contributed by atoms with E-state index in [0.29, 0.717) is 37.6 Å². The summed E-state index contributed by atoms with van der Waals surface area (Å²) in [5.41, 5.74) is 2.13. The highest BCUT2D eigenvalue weighted by Gasteiger charge is 2.24. The van der Waals surface area contributed by atoms with E-state index in [-0.39, 0.29) is 11.7 Å². The number of benzene rings is 1. The van der Waals surface area contributed by atoms with E-state index in [1.807, 2.05) is 23.1 Å². The van der Waals surface area contributed by atoms with Crippen LogP contribution in [0.1, 0.15) is 37.2 Å². The highest BCUT2D eigenvalue weighted by Crippen LogP contribution is 2.21. The van der Waals surface area contributed by atoms with Crippen molar-refractivity contribution in [1.29, 1.82) is 0 Å². The average Bonchev–Trinajstić information content (AvgIpc) is 2.74. The maximum Gasteiger partial charge on any atom is 0.272 e. The number of halogens is 1. The maximum absolute atomic E-state index is 14.0. The van der Waals surface area contributed by atoms with Gasteiger partial charge in [0.2, 0.25) is 0 Å². The van der Waals surface area contributed by atoms with Gasteiger partial charge in [-0.05, 0) is 37.1 Å². The molecule has 0 N–H and O–H groups in total. The summed E-state index contributed by atoms with van der Waals surface area (Å²) >= 11 is 0. The molecule has 0 bridgehead atoms. The van der Waals surface area contributed by atoms with E-state index in [0.717, 1.165) is 31.6 Å². The van der Waals surface area contributed by atoms with Crippen molar-refractivity contribution in [3.63, 3.8) is 0 Å². The number of hydrogen-bond donors (Lipinski definition) is 0. The second-order valence-electron chi connectivity index (χ2n) is 7.12. The van der Waals surface area contributed by atoms with Crippen LogP contribution in [0.3, 0.4) is 0 Å². The van der Waals surface area contributed by atoms with Gasteiger partial charge >= 0.3 is 0 Å². The monoisotopic (exact) mass is 384 g/mol. The van der Waals surface area contributed by atoms with Gasteiger partial charge in [0.25, 0.3) is 5.91 Å². The van der Waals surface area contributed by atoms with Crippen LogP contribution in [-0.4, -0.2) is 55.1 Å². The quantitative estimate of drug-likeness (QED) is 0.728. The van der Waals surface area contributed by atoms with Gasteiger partial charge in [0.15, 0.2) is 0 Å². The topological polar surface area (TPSA) is 39.7 Å². The summed E-state index contributed by atoms with van der Waals surface area (Å²) in [5, 5.41) is 0. The van der Waals surface area contributed by atoms with Crippen molar-refractivity contribution in [2.45, 2.75) is 26.7 Å². The second-order valence-corrected chi connectivity index (χ2v) is 7.12. The molecule has 0 atom stereocenters. The highest BCUT2D eigenvalue weighted by atomic mass is 19.1. The standard InChI is InChI=1S/C22H29FN4O/c1-3-11-25(12-4-2)18-9-10-20(24-17-18)22(28)27-15-13-26(14-16-27)21-8-6-5-7-19(21)23/h5-10,17H,3-4,11-16H2,1-2H3.